The van der Waals surface area contributed by atoms with Gasteiger partial charge in [0.15, 0.2) is 0 Å². The van der Waals surface area contributed by atoms with E-state index in [0.29, 0.717) is 18.6 Å². The zero-order chi connectivity index (χ0) is 13.3. The fourth-order valence-corrected chi connectivity index (χ4v) is 2.53. The number of carbonyl (C=O) groups is 1. The van der Waals surface area contributed by atoms with Gasteiger partial charge in [-0.2, -0.15) is 0 Å². The van der Waals surface area contributed by atoms with E-state index in [-0.39, 0.29) is 5.76 Å². The summed E-state index contributed by atoms with van der Waals surface area (Å²) in [5.74, 6) is -0.931. The molecule has 5 heteroatoms. The van der Waals surface area contributed by atoms with Gasteiger partial charge in [0.2, 0.25) is 5.76 Å². The molecule has 1 saturated heterocycles. The average molecular weight is 252 g/mol. The minimum absolute atomic E-state index is 0.0641. The van der Waals surface area contributed by atoms with Gasteiger partial charge in [0.25, 0.3) is 0 Å². The van der Waals surface area contributed by atoms with E-state index in [2.05, 4.69) is 30.7 Å². The summed E-state index contributed by atoms with van der Waals surface area (Å²) in [6.45, 7) is 6.92. The molecule has 100 valence electrons. The Balaban J connectivity index is 2.06. The molecule has 1 aliphatic heterocycles. The first-order chi connectivity index (χ1) is 8.49. The lowest BCUT2D eigenvalue weighted by Gasteiger charge is -2.42. The number of aromatic carboxylic acids is 1. The largest absolute Gasteiger partial charge is 0.475 e. The van der Waals surface area contributed by atoms with E-state index in [9.17, 15) is 4.79 Å². The Hall–Kier alpha value is -1.33. The Labute approximate surface area is 107 Å². The van der Waals surface area contributed by atoms with Crippen LogP contribution in [0.5, 0.6) is 0 Å². The molecule has 1 aromatic rings. The van der Waals surface area contributed by atoms with E-state index in [0.717, 1.165) is 18.7 Å². The Morgan fingerprint density at radius 2 is 2.06 bits per heavy atom. The lowest BCUT2D eigenvalue weighted by atomic mass is 10.1. The van der Waals surface area contributed by atoms with Crippen LogP contribution in [0.15, 0.2) is 16.7 Å². The Morgan fingerprint density at radius 1 is 1.44 bits per heavy atom. The van der Waals surface area contributed by atoms with Crippen LogP contribution < -0.4 is 0 Å². The highest BCUT2D eigenvalue weighted by atomic mass is 16.4. The van der Waals surface area contributed by atoms with Crippen molar-refractivity contribution < 1.29 is 14.3 Å². The van der Waals surface area contributed by atoms with Crippen molar-refractivity contribution in [3.63, 3.8) is 0 Å². The van der Waals surface area contributed by atoms with Gasteiger partial charge in [-0.3, -0.25) is 9.80 Å². The molecule has 0 bridgehead atoms. The lowest BCUT2D eigenvalue weighted by molar-refractivity contribution is 0.0541. The van der Waals surface area contributed by atoms with Gasteiger partial charge in [0.1, 0.15) is 0 Å². The highest BCUT2D eigenvalue weighted by Crippen LogP contribution is 2.18. The van der Waals surface area contributed by atoms with Crippen LogP contribution in [0, 0.1) is 0 Å². The summed E-state index contributed by atoms with van der Waals surface area (Å²) in [5.41, 5.74) is 0.756. The number of likely N-dealkylation sites (N-methyl/N-ethyl adjacent to an activating group) is 1. The van der Waals surface area contributed by atoms with Crippen LogP contribution in [-0.2, 0) is 6.54 Å². The van der Waals surface area contributed by atoms with Crippen molar-refractivity contribution in [1.82, 2.24) is 9.80 Å². The molecule has 0 radical (unpaired) electrons. The number of rotatable bonds is 3. The fraction of sp³-hybridized carbons (Fsp3) is 0.615. The molecule has 0 aliphatic carbocycles. The van der Waals surface area contributed by atoms with Crippen LogP contribution in [0.4, 0.5) is 0 Å². The molecule has 1 N–H and O–H groups in total. The molecule has 0 aromatic carbocycles. The number of hydrogen-bond donors (Lipinski definition) is 1. The first-order valence-electron chi connectivity index (χ1n) is 6.23. The summed E-state index contributed by atoms with van der Waals surface area (Å²) < 4.78 is 5.01. The van der Waals surface area contributed by atoms with E-state index in [1.54, 1.807) is 6.07 Å². The SMILES string of the molecule is CC1CN(Cc2ccoc2C(=O)O)CC(C)N1C. The minimum atomic E-state index is -0.995. The third kappa shape index (κ3) is 2.57. The molecule has 2 rings (SSSR count). The second-order valence-corrected chi connectivity index (χ2v) is 5.14. The quantitative estimate of drug-likeness (QED) is 0.883. The van der Waals surface area contributed by atoms with Crippen LogP contribution in [-0.4, -0.2) is 53.1 Å². The number of carboxylic acids is 1. The molecule has 2 heterocycles. The van der Waals surface area contributed by atoms with Gasteiger partial charge in [-0.25, -0.2) is 4.79 Å². The summed E-state index contributed by atoms with van der Waals surface area (Å²) in [6, 6.07) is 2.71. The smallest absolute Gasteiger partial charge is 0.372 e. The van der Waals surface area contributed by atoms with Crippen molar-refractivity contribution in [3.05, 3.63) is 23.7 Å². The van der Waals surface area contributed by atoms with Gasteiger partial charge < -0.3 is 9.52 Å². The molecule has 2 unspecified atom stereocenters. The van der Waals surface area contributed by atoms with Gasteiger partial charge >= 0.3 is 5.97 Å². The Kier molecular flexibility index (Phi) is 3.73. The third-order valence-electron chi connectivity index (χ3n) is 3.77. The van der Waals surface area contributed by atoms with Crippen molar-refractivity contribution in [2.24, 2.45) is 0 Å². The van der Waals surface area contributed by atoms with Gasteiger partial charge in [0.05, 0.1) is 6.26 Å². The van der Waals surface area contributed by atoms with Crippen molar-refractivity contribution in [2.45, 2.75) is 32.5 Å². The third-order valence-corrected chi connectivity index (χ3v) is 3.77. The summed E-state index contributed by atoms with van der Waals surface area (Å²) >= 11 is 0. The molecule has 2 atom stereocenters. The summed E-state index contributed by atoms with van der Waals surface area (Å²) in [5, 5.41) is 9.01. The van der Waals surface area contributed by atoms with Crippen molar-refractivity contribution in [2.75, 3.05) is 20.1 Å². The number of piperazine rings is 1. The van der Waals surface area contributed by atoms with E-state index >= 15 is 0 Å². The van der Waals surface area contributed by atoms with Gasteiger partial charge in [-0.05, 0) is 27.0 Å². The first-order valence-corrected chi connectivity index (χ1v) is 6.23. The molecule has 1 fully saturated rings. The maximum Gasteiger partial charge on any atom is 0.372 e. The molecule has 5 nitrogen and oxygen atoms in total. The summed E-state index contributed by atoms with van der Waals surface area (Å²) in [7, 11) is 2.13. The topological polar surface area (TPSA) is 56.9 Å². The second-order valence-electron chi connectivity index (χ2n) is 5.14. The van der Waals surface area contributed by atoms with Gasteiger partial charge in [0, 0.05) is 37.3 Å². The highest BCUT2D eigenvalue weighted by Gasteiger charge is 2.27. The molecule has 0 saturated carbocycles. The zero-order valence-corrected chi connectivity index (χ0v) is 11.1. The standard InChI is InChI=1S/C13H20N2O3/c1-9-6-15(7-10(2)14(9)3)8-11-4-5-18-12(11)13(16)17/h4-5,9-10H,6-8H2,1-3H3,(H,16,17). The van der Waals surface area contributed by atoms with E-state index < -0.39 is 5.97 Å². The molecular formula is C13H20N2O3. The van der Waals surface area contributed by atoms with Crippen LogP contribution in [0.25, 0.3) is 0 Å². The maximum atomic E-state index is 11.0. The predicted molar refractivity (Wildman–Crippen MR) is 67.6 cm³/mol. The van der Waals surface area contributed by atoms with Crippen LogP contribution >= 0.6 is 0 Å². The monoisotopic (exact) mass is 252 g/mol. The number of furan rings is 1. The van der Waals surface area contributed by atoms with E-state index in [1.807, 2.05) is 0 Å². The molecule has 18 heavy (non-hydrogen) atoms. The van der Waals surface area contributed by atoms with Gasteiger partial charge in [-0.15, -0.1) is 0 Å². The molecule has 1 aliphatic rings. The van der Waals surface area contributed by atoms with E-state index in [1.165, 1.54) is 6.26 Å². The summed E-state index contributed by atoms with van der Waals surface area (Å²) in [6.07, 6.45) is 1.45. The Bertz CT molecular complexity index is 418. The number of hydrogen-bond acceptors (Lipinski definition) is 4. The first kappa shape index (κ1) is 13.1. The van der Waals surface area contributed by atoms with Crippen LogP contribution in [0.2, 0.25) is 0 Å². The zero-order valence-electron chi connectivity index (χ0n) is 11.1. The minimum Gasteiger partial charge on any atom is -0.475 e. The fourth-order valence-electron chi connectivity index (χ4n) is 2.53. The van der Waals surface area contributed by atoms with Crippen LogP contribution in [0.1, 0.15) is 30.0 Å². The molecule has 1 aromatic heterocycles. The molecule has 0 spiro atoms. The van der Waals surface area contributed by atoms with E-state index in [4.69, 9.17) is 9.52 Å². The number of nitrogens with zero attached hydrogens (tertiary/aromatic N) is 2. The highest BCUT2D eigenvalue weighted by molar-refractivity contribution is 5.86. The maximum absolute atomic E-state index is 11.0. The average Bonchev–Trinajstić information content (AvgIpc) is 2.74. The van der Waals surface area contributed by atoms with Crippen LogP contribution in [0.3, 0.4) is 0 Å². The Morgan fingerprint density at radius 3 is 2.61 bits per heavy atom. The molecule has 0 amide bonds. The summed E-state index contributed by atoms with van der Waals surface area (Å²) in [4.78, 5) is 15.6. The predicted octanol–water partition coefficient (Wildman–Crippen LogP) is 1.50. The number of carboxylic acid groups (broad SMARTS) is 1. The second kappa shape index (κ2) is 5.12. The van der Waals surface area contributed by atoms with Crippen molar-refractivity contribution in [1.29, 1.82) is 0 Å². The lowest BCUT2D eigenvalue weighted by Crippen LogP contribution is -2.54. The van der Waals surface area contributed by atoms with Crippen molar-refractivity contribution in [3.8, 4) is 0 Å². The normalized spacial score (nSPS) is 26.4. The molecular weight excluding hydrogens is 232 g/mol. The van der Waals surface area contributed by atoms with Crippen molar-refractivity contribution >= 4 is 5.97 Å². The van der Waals surface area contributed by atoms with Gasteiger partial charge in [-0.1, -0.05) is 0 Å².